The van der Waals surface area contributed by atoms with Gasteiger partial charge in [-0.2, -0.15) is 0 Å². The van der Waals surface area contributed by atoms with Crippen molar-refractivity contribution in [1.82, 2.24) is 4.57 Å². The van der Waals surface area contributed by atoms with Crippen LogP contribution in [0.4, 0.5) is 5.69 Å². The number of carbonyl (C=O) groups is 2. The Balaban J connectivity index is 1.56. The molecule has 0 aliphatic carbocycles. The van der Waals surface area contributed by atoms with Crippen LogP contribution in [0.3, 0.4) is 0 Å². The van der Waals surface area contributed by atoms with Gasteiger partial charge >= 0.3 is 5.97 Å². The van der Waals surface area contributed by atoms with Gasteiger partial charge in [0.15, 0.2) is 11.4 Å². The molecule has 1 aliphatic rings. The van der Waals surface area contributed by atoms with Crippen LogP contribution in [0.15, 0.2) is 99.9 Å². The fraction of sp³-hybridized carbons (Fsp3) is 0.161. The van der Waals surface area contributed by atoms with Gasteiger partial charge in [0.1, 0.15) is 5.75 Å². The highest BCUT2D eigenvalue weighted by Gasteiger charge is 2.32. The van der Waals surface area contributed by atoms with E-state index in [0.29, 0.717) is 42.6 Å². The maximum Gasteiger partial charge on any atom is 0.344 e. The number of ether oxygens (including phenoxy) is 2. The number of hydrogen-bond donors (Lipinski definition) is 1. The number of esters is 1. The molecular formula is C31H26ClN3O5S. The third kappa shape index (κ3) is 6.32. The first-order chi connectivity index (χ1) is 19.8. The first-order valence-corrected chi connectivity index (χ1v) is 14.1. The van der Waals surface area contributed by atoms with E-state index in [1.54, 1.807) is 67.0 Å². The van der Waals surface area contributed by atoms with Gasteiger partial charge in [-0.25, -0.2) is 9.79 Å². The third-order valence-corrected chi connectivity index (χ3v) is 7.54. The summed E-state index contributed by atoms with van der Waals surface area (Å²) in [7, 11) is 0. The molecule has 1 N–H and O–H groups in total. The lowest BCUT2D eigenvalue weighted by Gasteiger charge is -2.25. The Morgan fingerprint density at radius 2 is 1.83 bits per heavy atom. The number of amides is 1. The van der Waals surface area contributed by atoms with Crippen molar-refractivity contribution in [2.24, 2.45) is 4.99 Å². The Morgan fingerprint density at radius 3 is 2.56 bits per heavy atom. The maximum absolute atomic E-state index is 13.9. The maximum atomic E-state index is 13.9. The second kappa shape index (κ2) is 12.4. The third-order valence-electron chi connectivity index (χ3n) is 6.30. The first-order valence-electron chi connectivity index (χ1n) is 12.9. The smallest absolute Gasteiger partial charge is 0.344 e. The number of hydrogen-bond acceptors (Lipinski definition) is 7. The van der Waals surface area contributed by atoms with Crippen LogP contribution >= 0.6 is 22.9 Å². The van der Waals surface area contributed by atoms with E-state index in [9.17, 15) is 14.4 Å². The number of aromatic nitrogens is 1. The number of carbonyl (C=O) groups excluding carboxylic acids is 2. The van der Waals surface area contributed by atoms with Gasteiger partial charge in [0.05, 0.1) is 28.5 Å². The first kappa shape index (κ1) is 28.1. The summed E-state index contributed by atoms with van der Waals surface area (Å²) in [6, 6.07) is 22.6. The largest absolute Gasteiger partial charge is 0.482 e. The number of nitrogens with zero attached hydrogens (tertiary/aromatic N) is 2. The number of rotatable bonds is 8. The Kier molecular flexibility index (Phi) is 8.47. The predicted octanol–water partition coefficient (Wildman–Crippen LogP) is 4.47. The Labute approximate surface area is 244 Å². The zero-order valence-electron chi connectivity index (χ0n) is 22.3. The SMILES string of the molecule is CCOC(=O)COc1cccc(/C=c2/sc3n(c2=O)[C@H](c2ccc(Cl)cc2)C(C(=O)Nc2ccccc2)=C(C)N=3)c1. The molecule has 0 spiro atoms. The molecule has 0 saturated carbocycles. The van der Waals surface area contributed by atoms with Crippen LogP contribution < -0.4 is 24.9 Å². The van der Waals surface area contributed by atoms with Crippen molar-refractivity contribution in [3.63, 3.8) is 0 Å². The minimum absolute atomic E-state index is 0.215. The minimum Gasteiger partial charge on any atom is -0.482 e. The highest BCUT2D eigenvalue weighted by Crippen LogP contribution is 2.31. The highest BCUT2D eigenvalue weighted by atomic mass is 35.5. The predicted molar refractivity (Wildman–Crippen MR) is 159 cm³/mol. The van der Waals surface area contributed by atoms with Gasteiger partial charge in [-0.3, -0.25) is 14.2 Å². The topological polar surface area (TPSA) is 99.0 Å². The van der Waals surface area contributed by atoms with E-state index in [1.165, 1.54) is 11.3 Å². The Hall–Kier alpha value is -4.47. The van der Waals surface area contributed by atoms with Crippen LogP contribution in [-0.4, -0.2) is 29.7 Å². The van der Waals surface area contributed by atoms with Gasteiger partial charge in [0, 0.05) is 10.7 Å². The van der Waals surface area contributed by atoms with E-state index >= 15 is 0 Å². The van der Waals surface area contributed by atoms with Gasteiger partial charge < -0.3 is 14.8 Å². The summed E-state index contributed by atoms with van der Waals surface area (Å²) in [4.78, 5) is 44.3. The van der Waals surface area contributed by atoms with E-state index < -0.39 is 12.0 Å². The van der Waals surface area contributed by atoms with Crippen molar-refractivity contribution in [3.05, 3.63) is 126 Å². The van der Waals surface area contributed by atoms with Crippen molar-refractivity contribution >= 4 is 46.6 Å². The van der Waals surface area contributed by atoms with Gasteiger partial charge in [0.25, 0.3) is 11.5 Å². The second-order valence-corrected chi connectivity index (χ2v) is 10.6. The number of thiazole rings is 1. The number of anilines is 1. The normalized spacial score (nSPS) is 14.7. The van der Waals surface area contributed by atoms with E-state index in [1.807, 2.05) is 36.4 Å². The molecule has 0 bridgehead atoms. The fourth-order valence-corrected chi connectivity index (χ4v) is 5.66. The molecule has 1 aromatic heterocycles. The summed E-state index contributed by atoms with van der Waals surface area (Å²) in [5, 5.41) is 3.48. The number of fused-ring (bicyclic) bond motifs is 1. The van der Waals surface area contributed by atoms with E-state index in [-0.39, 0.29) is 24.7 Å². The summed E-state index contributed by atoms with van der Waals surface area (Å²) in [6.07, 6.45) is 1.74. The van der Waals surface area contributed by atoms with Gasteiger partial charge in [-0.05, 0) is 67.4 Å². The molecule has 4 aromatic rings. The summed E-state index contributed by atoms with van der Waals surface area (Å²) < 4.78 is 12.4. The van der Waals surface area contributed by atoms with Crippen molar-refractivity contribution in [3.8, 4) is 5.75 Å². The molecule has 0 fully saturated rings. The van der Waals surface area contributed by atoms with Crippen LogP contribution in [0.1, 0.15) is 31.0 Å². The fourth-order valence-electron chi connectivity index (χ4n) is 4.48. The molecular weight excluding hydrogens is 562 g/mol. The number of nitrogens with one attached hydrogen (secondary N) is 1. The average molecular weight is 588 g/mol. The van der Waals surface area contributed by atoms with Crippen molar-refractivity contribution in [1.29, 1.82) is 0 Å². The minimum atomic E-state index is -0.714. The van der Waals surface area contributed by atoms with Crippen LogP contribution in [0.2, 0.25) is 5.02 Å². The number of benzene rings is 3. The lowest BCUT2D eigenvalue weighted by atomic mass is 9.95. The van der Waals surface area contributed by atoms with Crippen LogP contribution in [-0.2, 0) is 14.3 Å². The average Bonchev–Trinajstić information content (AvgIpc) is 3.26. The van der Waals surface area contributed by atoms with Crippen LogP contribution in [0.5, 0.6) is 5.75 Å². The molecule has 208 valence electrons. The molecule has 3 aromatic carbocycles. The van der Waals surface area contributed by atoms with Crippen molar-refractivity contribution in [2.45, 2.75) is 19.9 Å². The molecule has 8 nitrogen and oxygen atoms in total. The zero-order chi connectivity index (χ0) is 28.9. The van der Waals surface area contributed by atoms with Crippen molar-refractivity contribution in [2.75, 3.05) is 18.5 Å². The van der Waals surface area contributed by atoms with Gasteiger partial charge in [0.2, 0.25) is 0 Å². The number of allylic oxidation sites excluding steroid dienone is 1. The van der Waals surface area contributed by atoms with E-state index in [4.69, 9.17) is 21.1 Å². The molecule has 5 rings (SSSR count). The molecule has 41 heavy (non-hydrogen) atoms. The van der Waals surface area contributed by atoms with Crippen LogP contribution in [0.25, 0.3) is 6.08 Å². The second-order valence-electron chi connectivity index (χ2n) is 9.12. The summed E-state index contributed by atoms with van der Waals surface area (Å²) in [5.41, 5.74) is 2.66. The molecule has 1 aliphatic heterocycles. The monoisotopic (exact) mass is 587 g/mol. The standard InChI is InChI=1S/C31H26ClN3O5S/c1-3-39-26(36)18-40-24-11-7-8-20(16-24)17-25-30(38)35-28(21-12-14-22(32)15-13-21)27(19(2)33-31(35)41-25)29(37)34-23-9-5-4-6-10-23/h4-17,28H,3,18H2,1-2H3,(H,34,37)/b25-17+/t28-/m1/s1. The van der Waals surface area contributed by atoms with Crippen LogP contribution in [0, 0.1) is 0 Å². The summed E-state index contributed by atoms with van der Waals surface area (Å²) in [6.45, 7) is 3.55. The number of para-hydroxylation sites is 1. The quantitative estimate of drug-likeness (QED) is 0.307. The molecule has 1 amide bonds. The molecule has 0 saturated heterocycles. The van der Waals surface area contributed by atoms with Crippen molar-refractivity contribution < 1.29 is 19.1 Å². The lowest BCUT2D eigenvalue weighted by molar-refractivity contribution is -0.145. The van der Waals surface area contributed by atoms with Gasteiger partial charge in [-0.1, -0.05) is 65.4 Å². The highest BCUT2D eigenvalue weighted by molar-refractivity contribution is 7.07. The molecule has 10 heteroatoms. The summed E-state index contributed by atoms with van der Waals surface area (Å²) >= 11 is 7.39. The Morgan fingerprint density at radius 1 is 1.07 bits per heavy atom. The lowest BCUT2D eigenvalue weighted by Crippen LogP contribution is -2.40. The van der Waals surface area contributed by atoms with E-state index in [0.717, 1.165) is 5.56 Å². The molecule has 2 heterocycles. The zero-order valence-corrected chi connectivity index (χ0v) is 23.9. The summed E-state index contributed by atoms with van der Waals surface area (Å²) in [5.74, 6) is -0.344. The number of halogens is 1. The molecule has 0 unspecified atom stereocenters. The molecule has 1 atom stereocenters. The van der Waals surface area contributed by atoms with Gasteiger partial charge in [-0.15, -0.1) is 0 Å². The van der Waals surface area contributed by atoms with E-state index in [2.05, 4.69) is 10.3 Å². The molecule has 0 radical (unpaired) electrons. The Bertz CT molecular complexity index is 1810.